The molecule has 0 aliphatic carbocycles. The molecule has 0 atom stereocenters. The first kappa shape index (κ1) is 11.3. The van der Waals surface area contributed by atoms with Gasteiger partial charge in [-0.05, 0) is 25.1 Å². The minimum atomic E-state index is -0.0978. The molecule has 1 amide bonds. The Hall–Kier alpha value is -1.20. The van der Waals surface area contributed by atoms with E-state index in [-0.39, 0.29) is 5.91 Å². The number of aryl methyl sites for hydroxylation is 1. The van der Waals surface area contributed by atoms with Crippen LogP contribution in [-0.2, 0) is 6.54 Å². The van der Waals surface area contributed by atoms with Crippen molar-refractivity contribution >= 4 is 29.9 Å². The van der Waals surface area contributed by atoms with E-state index in [9.17, 15) is 4.79 Å². The Morgan fingerprint density at radius 1 is 1.56 bits per heavy atom. The summed E-state index contributed by atoms with van der Waals surface area (Å²) in [5.41, 5.74) is 0. The fraction of sp³-hybridized carbons (Fsp3) is 0.182. The largest absolute Gasteiger partial charge is 0.465 e. The van der Waals surface area contributed by atoms with Crippen LogP contribution in [0.2, 0.25) is 0 Å². The number of carbonyl (C=O) groups excluding carboxylic acids is 1. The monoisotopic (exact) mass is 253 g/mol. The Labute approximate surface area is 103 Å². The number of thiol groups is 1. The predicted octanol–water partition coefficient (Wildman–Crippen LogP) is 2.87. The zero-order chi connectivity index (χ0) is 11.5. The van der Waals surface area contributed by atoms with E-state index in [2.05, 4.69) is 17.9 Å². The first-order chi connectivity index (χ1) is 7.65. The highest BCUT2D eigenvalue weighted by Gasteiger charge is 2.08. The predicted molar refractivity (Wildman–Crippen MR) is 66.2 cm³/mol. The highest BCUT2D eigenvalue weighted by atomic mass is 32.1. The molecule has 2 heterocycles. The summed E-state index contributed by atoms with van der Waals surface area (Å²) >= 11 is 5.53. The molecule has 0 fully saturated rings. The van der Waals surface area contributed by atoms with Gasteiger partial charge in [0.05, 0.1) is 11.4 Å². The van der Waals surface area contributed by atoms with Gasteiger partial charge in [0, 0.05) is 10.3 Å². The molecule has 84 valence electrons. The topological polar surface area (TPSA) is 42.2 Å². The summed E-state index contributed by atoms with van der Waals surface area (Å²) in [6, 6.07) is 5.48. The van der Waals surface area contributed by atoms with Crippen LogP contribution in [0.3, 0.4) is 0 Å². The van der Waals surface area contributed by atoms with Crippen molar-refractivity contribution in [3.05, 3.63) is 40.0 Å². The summed E-state index contributed by atoms with van der Waals surface area (Å²) in [4.78, 5) is 13.1. The molecule has 3 nitrogen and oxygen atoms in total. The van der Waals surface area contributed by atoms with Crippen molar-refractivity contribution in [3.63, 3.8) is 0 Å². The number of hydrogen-bond acceptors (Lipinski definition) is 4. The van der Waals surface area contributed by atoms with Crippen LogP contribution in [0.15, 0.2) is 32.9 Å². The second-order valence-electron chi connectivity index (χ2n) is 3.36. The molecule has 0 spiro atoms. The smallest absolute Gasteiger partial charge is 0.261 e. The minimum Gasteiger partial charge on any atom is -0.465 e. The molecule has 2 rings (SSSR count). The molecule has 0 aromatic carbocycles. The first-order valence-corrected chi connectivity index (χ1v) is 6.09. The Bertz CT molecular complexity index is 502. The molecular formula is C11H11NO2S2. The number of nitrogens with one attached hydrogen (secondary N) is 1. The SMILES string of the molecule is Cc1ccc(CNC(=O)c2cc(S)cs2)o1. The molecule has 0 saturated heterocycles. The maximum absolute atomic E-state index is 11.7. The molecule has 2 aromatic rings. The molecule has 0 aliphatic heterocycles. The zero-order valence-corrected chi connectivity index (χ0v) is 10.4. The maximum Gasteiger partial charge on any atom is 0.261 e. The third-order valence-electron chi connectivity index (χ3n) is 2.03. The van der Waals surface area contributed by atoms with Crippen molar-refractivity contribution in [3.8, 4) is 0 Å². The number of amides is 1. The van der Waals surface area contributed by atoms with Gasteiger partial charge in [0.25, 0.3) is 5.91 Å². The summed E-state index contributed by atoms with van der Waals surface area (Å²) in [5.74, 6) is 1.51. The van der Waals surface area contributed by atoms with Gasteiger partial charge in [0.15, 0.2) is 0 Å². The van der Waals surface area contributed by atoms with Gasteiger partial charge >= 0.3 is 0 Å². The Balaban J connectivity index is 1.93. The van der Waals surface area contributed by atoms with E-state index in [1.54, 1.807) is 6.07 Å². The zero-order valence-electron chi connectivity index (χ0n) is 8.69. The van der Waals surface area contributed by atoms with Crippen LogP contribution in [0.1, 0.15) is 21.2 Å². The maximum atomic E-state index is 11.7. The van der Waals surface area contributed by atoms with Crippen LogP contribution < -0.4 is 5.32 Å². The standard InChI is InChI=1S/C11H11NO2S2/c1-7-2-3-8(14-7)5-12-11(13)10-4-9(15)6-16-10/h2-4,6,15H,5H2,1H3,(H,12,13). The van der Waals surface area contributed by atoms with E-state index in [0.717, 1.165) is 16.4 Å². The van der Waals surface area contributed by atoms with Crippen LogP contribution in [0.5, 0.6) is 0 Å². The van der Waals surface area contributed by atoms with Gasteiger partial charge < -0.3 is 9.73 Å². The van der Waals surface area contributed by atoms with Crippen LogP contribution in [-0.4, -0.2) is 5.91 Å². The van der Waals surface area contributed by atoms with E-state index in [4.69, 9.17) is 4.42 Å². The van der Waals surface area contributed by atoms with E-state index >= 15 is 0 Å². The fourth-order valence-electron chi connectivity index (χ4n) is 1.28. The second-order valence-corrected chi connectivity index (χ2v) is 4.79. The lowest BCUT2D eigenvalue weighted by atomic mass is 10.4. The van der Waals surface area contributed by atoms with Gasteiger partial charge in [-0.2, -0.15) is 0 Å². The normalized spacial score (nSPS) is 10.4. The van der Waals surface area contributed by atoms with E-state index in [0.29, 0.717) is 11.4 Å². The summed E-state index contributed by atoms with van der Waals surface area (Å²) in [6.45, 7) is 2.28. The molecule has 0 unspecified atom stereocenters. The van der Waals surface area contributed by atoms with Gasteiger partial charge in [-0.1, -0.05) is 0 Å². The Morgan fingerprint density at radius 3 is 2.94 bits per heavy atom. The molecule has 0 radical (unpaired) electrons. The molecule has 1 N–H and O–H groups in total. The van der Waals surface area contributed by atoms with Gasteiger partial charge in [0.2, 0.25) is 0 Å². The molecule has 2 aromatic heterocycles. The van der Waals surface area contributed by atoms with Crippen molar-refractivity contribution in [1.29, 1.82) is 0 Å². The average Bonchev–Trinajstić information content (AvgIpc) is 2.84. The van der Waals surface area contributed by atoms with Gasteiger partial charge in [-0.25, -0.2) is 0 Å². The third kappa shape index (κ3) is 2.68. The number of hydrogen-bond donors (Lipinski definition) is 2. The van der Waals surface area contributed by atoms with Crippen molar-refractivity contribution in [1.82, 2.24) is 5.32 Å². The van der Waals surface area contributed by atoms with E-state index in [1.165, 1.54) is 11.3 Å². The molecule has 5 heteroatoms. The average molecular weight is 253 g/mol. The van der Waals surface area contributed by atoms with Crippen LogP contribution in [0.4, 0.5) is 0 Å². The van der Waals surface area contributed by atoms with Gasteiger partial charge in [-0.15, -0.1) is 24.0 Å². The van der Waals surface area contributed by atoms with Crippen molar-refractivity contribution < 1.29 is 9.21 Å². The second kappa shape index (κ2) is 4.76. The summed E-state index contributed by atoms with van der Waals surface area (Å²) < 4.78 is 5.35. The highest BCUT2D eigenvalue weighted by Crippen LogP contribution is 2.17. The first-order valence-electron chi connectivity index (χ1n) is 4.76. The third-order valence-corrected chi connectivity index (χ3v) is 3.39. The van der Waals surface area contributed by atoms with Crippen molar-refractivity contribution in [2.45, 2.75) is 18.4 Å². The quantitative estimate of drug-likeness (QED) is 0.826. The highest BCUT2D eigenvalue weighted by molar-refractivity contribution is 7.80. The number of furan rings is 1. The van der Waals surface area contributed by atoms with E-state index < -0.39 is 0 Å². The molecule has 0 bridgehead atoms. The lowest BCUT2D eigenvalue weighted by Crippen LogP contribution is -2.21. The Kier molecular flexibility index (Phi) is 3.36. The number of carbonyl (C=O) groups is 1. The molecule has 0 aliphatic rings. The van der Waals surface area contributed by atoms with Crippen molar-refractivity contribution in [2.75, 3.05) is 0 Å². The summed E-state index contributed by atoms with van der Waals surface area (Å²) in [5, 5.41) is 4.61. The molecular weight excluding hydrogens is 242 g/mol. The number of thiophene rings is 1. The summed E-state index contributed by atoms with van der Waals surface area (Å²) in [6.07, 6.45) is 0. The lowest BCUT2D eigenvalue weighted by Gasteiger charge is -2.00. The van der Waals surface area contributed by atoms with Crippen molar-refractivity contribution in [2.24, 2.45) is 0 Å². The van der Waals surface area contributed by atoms with Crippen LogP contribution >= 0.6 is 24.0 Å². The summed E-state index contributed by atoms with van der Waals surface area (Å²) in [7, 11) is 0. The van der Waals surface area contributed by atoms with Crippen LogP contribution in [0.25, 0.3) is 0 Å². The molecule has 16 heavy (non-hydrogen) atoms. The lowest BCUT2D eigenvalue weighted by molar-refractivity contribution is 0.0952. The van der Waals surface area contributed by atoms with E-state index in [1.807, 2.05) is 24.4 Å². The minimum absolute atomic E-state index is 0.0978. The Morgan fingerprint density at radius 2 is 2.38 bits per heavy atom. The van der Waals surface area contributed by atoms with Gasteiger partial charge in [0.1, 0.15) is 11.5 Å². The fourth-order valence-corrected chi connectivity index (χ4v) is 2.34. The van der Waals surface area contributed by atoms with Crippen LogP contribution in [0, 0.1) is 6.92 Å². The molecule has 0 saturated carbocycles. The number of rotatable bonds is 3. The van der Waals surface area contributed by atoms with Gasteiger partial charge in [-0.3, -0.25) is 4.79 Å².